The molecule has 0 amide bonds. The maximum absolute atomic E-state index is 3.43. The lowest BCUT2D eigenvalue weighted by Gasteiger charge is -2.15. The van der Waals surface area contributed by atoms with Crippen molar-refractivity contribution >= 4 is 11.3 Å². The van der Waals surface area contributed by atoms with Crippen LogP contribution >= 0.6 is 11.3 Å². The SMILES string of the molecule is CNC1c2cc(C(C)C)sc2CC1C. The summed E-state index contributed by atoms with van der Waals surface area (Å²) in [6, 6.07) is 3.00. The van der Waals surface area contributed by atoms with E-state index in [1.807, 2.05) is 11.3 Å². The molecule has 1 aliphatic rings. The molecule has 0 aromatic carbocycles. The zero-order valence-electron chi connectivity index (χ0n) is 9.42. The summed E-state index contributed by atoms with van der Waals surface area (Å²) in [6.07, 6.45) is 1.26. The lowest BCUT2D eigenvalue weighted by atomic mass is 10.0. The highest BCUT2D eigenvalue weighted by Crippen LogP contribution is 2.42. The van der Waals surface area contributed by atoms with Gasteiger partial charge in [-0.05, 0) is 36.9 Å². The van der Waals surface area contributed by atoms with Gasteiger partial charge in [0.1, 0.15) is 0 Å². The Bertz CT molecular complexity index is 327. The number of hydrogen-bond acceptors (Lipinski definition) is 2. The maximum atomic E-state index is 3.43. The molecule has 0 fully saturated rings. The van der Waals surface area contributed by atoms with E-state index in [1.165, 1.54) is 6.42 Å². The second-order valence-corrected chi connectivity index (χ2v) is 5.80. The van der Waals surface area contributed by atoms with E-state index in [2.05, 4.69) is 39.2 Å². The summed E-state index contributed by atoms with van der Waals surface area (Å²) in [5.41, 5.74) is 1.56. The second kappa shape index (κ2) is 3.67. The third kappa shape index (κ3) is 1.51. The summed E-state index contributed by atoms with van der Waals surface area (Å²) >= 11 is 2.01. The fourth-order valence-electron chi connectivity index (χ4n) is 2.33. The summed E-state index contributed by atoms with van der Waals surface area (Å²) in [7, 11) is 2.07. The Morgan fingerprint density at radius 2 is 2.21 bits per heavy atom. The first kappa shape index (κ1) is 10.2. The highest BCUT2D eigenvalue weighted by atomic mass is 32.1. The molecule has 0 radical (unpaired) electrons. The Hall–Kier alpha value is -0.340. The standard InChI is InChI=1S/C12H19NS/c1-7(2)10-6-9-11(14-10)5-8(3)12(9)13-4/h6-8,12-13H,5H2,1-4H3. The molecular weight excluding hydrogens is 190 g/mol. The third-order valence-electron chi connectivity index (χ3n) is 3.15. The fraction of sp³-hybridized carbons (Fsp3) is 0.667. The molecule has 0 spiro atoms. The average Bonchev–Trinajstić information content (AvgIpc) is 2.60. The lowest BCUT2D eigenvalue weighted by Crippen LogP contribution is -2.19. The van der Waals surface area contributed by atoms with E-state index < -0.39 is 0 Å². The van der Waals surface area contributed by atoms with Crippen LogP contribution < -0.4 is 5.32 Å². The lowest BCUT2D eigenvalue weighted by molar-refractivity contribution is 0.446. The Morgan fingerprint density at radius 1 is 1.50 bits per heavy atom. The molecule has 2 atom stereocenters. The van der Waals surface area contributed by atoms with Gasteiger partial charge in [0.15, 0.2) is 0 Å². The largest absolute Gasteiger partial charge is 0.313 e. The predicted octanol–water partition coefficient (Wildman–Crippen LogP) is 3.32. The van der Waals surface area contributed by atoms with Gasteiger partial charge < -0.3 is 5.32 Å². The van der Waals surface area contributed by atoms with E-state index in [-0.39, 0.29) is 0 Å². The van der Waals surface area contributed by atoms with E-state index in [1.54, 1.807) is 15.3 Å². The molecule has 2 unspecified atom stereocenters. The first-order chi connectivity index (χ1) is 6.63. The molecule has 1 aliphatic carbocycles. The van der Waals surface area contributed by atoms with Crippen LogP contribution in [0.2, 0.25) is 0 Å². The van der Waals surface area contributed by atoms with Gasteiger partial charge in [0, 0.05) is 15.8 Å². The van der Waals surface area contributed by atoms with Crippen molar-refractivity contribution in [2.24, 2.45) is 5.92 Å². The van der Waals surface area contributed by atoms with Crippen molar-refractivity contribution in [1.82, 2.24) is 5.32 Å². The number of fused-ring (bicyclic) bond motifs is 1. The van der Waals surface area contributed by atoms with E-state index in [0.717, 1.165) is 5.92 Å². The van der Waals surface area contributed by atoms with Gasteiger partial charge in [-0.2, -0.15) is 0 Å². The van der Waals surface area contributed by atoms with Crippen molar-refractivity contribution in [1.29, 1.82) is 0 Å². The Morgan fingerprint density at radius 3 is 2.79 bits per heavy atom. The minimum atomic E-state index is 0.591. The van der Waals surface area contributed by atoms with Gasteiger partial charge in [0.2, 0.25) is 0 Å². The van der Waals surface area contributed by atoms with Crippen molar-refractivity contribution < 1.29 is 0 Å². The van der Waals surface area contributed by atoms with Crippen molar-refractivity contribution in [3.8, 4) is 0 Å². The highest BCUT2D eigenvalue weighted by Gasteiger charge is 2.30. The van der Waals surface area contributed by atoms with Crippen molar-refractivity contribution in [2.45, 2.75) is 39.2 Å². The first-order valence-electron chi connectivity index (χ1n) is 5.43. The molecule has 2 rings (SSSR count). The van der Waals surface area contributed by atoms with Gasteiger partial charge >= 0.3 is 0 Å². The predicted molar refractivity (Wildman–Crippen MR) is 63.1 cm³/mol. The molecule has 1 nitrogen and oxygen atoms in total. The molecule has 0 saturated carbocycles. The van der Waals surface area contributed by atoms with Gasteiger partial charge in [-0.1, -0.05) is 20.8 Å². The van der Waals surface area contributed by atoms with Crippen molar-refractivity contribution in [3.63, 3.8) is 0 Å². The minimum absolute atomic E-state index is 0.591. The van der Waals surface area contributed by atoms with Crippen molar-refractivity contribution in [2.75, 3.05) is 7.05 Å². The summed E-state index contributed by atoms with van der Waals surface area (Å²) in [4.78, 5) is 3.16. The normalized spacial score (nSPS) is 25.8. The van der Waals surface area contributed by atoms with Crippen LogP contribution in [-0.4, -0.2) is 7.05 Å². The average molecular weight is 209 g/mol. The van der Waals surface area contributed by atoms with Gasteiger partial charge in [-0.25, -0.2) is 0 Å². The summed E-state index contributed by atoms with van der Waals surface area (Å²) in [5, 5.41) is 3.43. The van der Waals surface area contributed by atoms with E-state index in [0.29, 0.717) is 12.0 Å². The van der Waals surface area contributed by atoms with E-state index >= 15 is 0 Å². The van der Waals surface area contributed by atoms with Crippen LogP contribution in [0.15, 0.2) is 6.07 Å². The zero-order valence-corrected chi connectivity index (χ0v) is 10.2. The molecule has 0 aliphatic heterocycles. The van der Waals surface area contributed by atoms with Crippen LogP contribution in [-0.2, 0) is 6.42 Å². The Kier molecular flexibility index (Phi) is 2.67. The van der Waals surface area contributed by atoms with Crippen LogP contribution in [0, 0.1) is 5.92 Å². The Balaban J connectivity index is 2.33. The van der Waals surface area contributed by atoms with Gasteiger partial charge in [-0.3, -0.25) is 0 Å². The molecule has 1 aromatic rings. The summed E-state index contributed by atoms with van der Waals surface area (Å²) in [6.45, 7) is 6.89. The fourth-order valence-corrected chi connectivity index (χ4v) is 3.68. The molecule has 0 saturated heterocycles. The van der Waals surface area contributed by atoms with E-state index in [9.17, 15) is 0 Å². The quantitative estimate of drug-likeness (QED) is 0.788. The highest BCUT2D eigenvalue weighted by molar-refractivity contribution is 7.12. The third-order valence-corrected chi connectivity index (χ3v) is 4.63. The first-order valence-corrected chi connectivity index (χ1v) is 6.25. The van der Waals surface area contributed by atoms with Crippen LogP contribution in [0.1, 0.15) is 48.0 Å². The molecule has 78 valence electrons. The number of nitrogens with one attached hydrogen (secondary N) is 1. The molecule has 1 aromatic heterocycles. The van der Waals surface area contributed by atoms with Crippen LogP contribution in [0.4, 0.5) is 0 Å². The monoisotopic (exact) mass is 209 g/mol. The topological polar surface area (TPSA) is 12.0 Å². The van der Waals surface area contributed by atoms with E-state index in [4.69, 9.17) is 0 Å². The van der Waals surface area contributed by atoms with Crippen LogP contribution in [0.25, 0.3) is 0 Å². The maximum Gasteiger partial charge on any atom is 0.0358 e. The van der Waals surface area contributed by atoms with Crippen molar-refractivity contribution in [3.05, 3.63) is 21.4 Å². The second-order valence-electron chi connectivity index (χ2n) is 4.63. The van der Waals surface area contributed by atoms with Gasteiger partial charge in [0.05, 0.1) is 0 Å². The molecule has 1 heterocycles. The summed E-state index contributed by atoms with van der Waals surface area (Å²) < 4.78 is 0. The molecule has 2 heteroatoms. The Labute approximate surface area is 90.5 Å². The zero-order chi connectivity index (χ0) is 10.3. The van der Waals surface area contributed by atoms with Crippen LogP contribution in [0.3, 0.4) is 0 Å². The molecule has 14 heavy (non-hydrogen) atoms. The molecule has 0 bridgehead atoms. The van der Waals surface area contributed by atoms with Crippen LogP contribution in [0.5, 0.6) is 0 Å². The smallest absolute Gasteiger partial charge is 0.0358 e. The molecular formula is C12H19NS. The molecule has 1 N–H and O–H groups in total. The number of rotatable bonds is 2. The number of hydrogen-bond donors (Lipinski definition) is 1. The van der Waals surface area contributed by atoms with Gasteiger partial charge in [0.25, 0.3) is 0 Å². The minimum Gasteiger partial charge on any atom is -0.313 e. The van der Waals surface area contributed by atoms with Gasteiger partial charge in [-0.15, -0.1) is 11.3 Å². The number of thiophene rings is 1. The summed E-state index contributed by atoms with van der Waals surface area (Å²) in [5.74, 6) is 1.45.